The zero-order valence-corrected chi connectivity index (χ0v) is 14.7. The highest BCUT2D eigenvalue weighted by Crippen LogP contribution is 2.42. The van der Waals surface area contributed by atoms with Crippen molar-refractivity contribution in [2.75, 3.05) is 4.90 Å². The van der Waals surface area contributed by atoms with Gasteiger partial charge in [0, 0.05) is 28.2 Å². The standard InChI is InChI=1S/C24H18N3/c25-26-23-17-9-7-15-21(23)22-16-8-10-18-24(22)27(19-11-3-1-4-12-19)20-13-5-2-6-14-20/h1-18H/q-1. The highest BCUT2D eigenvalue weighted by atomic mass is 15.1. The van der Waals surface area contributed by atoms with Crippen LogP contribution in [0.1, 0.15) is 0 Å². The van der Waals surface area contributed by atoms with Crippen molar-refractivity contribution in [1.82, 2.24) is 0 Å². The van der Waals surface area contributed by atoms with E-state index >= 15 is 0 Å². The van der Waals surface area contributed by atoms with E-state index in [-0.39, 0.29) is 0 Å². The molecule has 0 aliphatic heterocycles. The second-order valence-electron chi connectivity index (χ2n) is 6.14. The second-order valence-corrected chi connectivity index (χ2v) is 6.14. The lowest BCUT2D eigenvalue weighted by Gasteiger charge is -2.28. The van der Waals surface area contributed by atoms with Crippen LogP contribution in [0.15, 0.2) is 114 Å². The summed E-state index contributed by atoms with van der Waals surface area (Å²) in [5.74, 6) is 0. The van der Waals surface area contributed by atoms with Crippen LogP contribution in [-0.2, 0) is 0 Å². The van der Waals surface area contributed by atoms with E-state index in [0.717, 1.165) is 28.2 Å². The number of hydrogen-bond donors (Lipinski definition) is 0. The van der Waals surface area contributed by atoms with Crippen molar-refractivity contribution in [3.05, 3.63) is 115 Å². The van der Waals surface area contributed by atoms with E-state index in [4.69, 9.17) is 0 Å². The first-order valence-electron chi connectivity index (χ1n) is 8.82. The van der Waals surface area contributed by atoms with E-state index in [1.54, 1.807) is 0 Å². The topological polar surface area (TPSA) is 37.9 Å². The van der Waals surface area contributed by atoms with Crippen molar-refractivity contribution in [2.24, 2.45) is 5.11 Å². The van der Waals surface area contributed by atoms with Crippen molar-refractivity contribution in [3.8, 4) is 11.1 Å². The van der Waals surface area contributed by atoms with E-state index in [1.165, 1.54) is 0 Å². The highest BCUT2D eigenvalue weighted by Gasteiger charge is 2.17. The van der Waals surface area contributed by atoms with Gasteiger partial charge in [-0.05, 0) is 36.4 Å². The summed E-state index contributed by atoms with van der Waals surface area (Å²) in [7, 11) is 0. The van der Waals surface area contributed by atoms with Crippen LogP contribution in [-0.4, -0.2) is 0 Å². The number of hydrogen-bond acceptors (Lipinski definition) is 2. The lowest BCUT2D eigenvalue weighted by atomic mass is 10.00. The Hall–Kier alpha value is -3.72. The monoisotopic (exact) mass is 348 g/mol. The molecule has 0 bridgehead atoms. The van der Waals surface area contributed by atoms with Crippen LogP contribution in [0.25, 0.3) is 16.7 Å². The number of anilines is 3. The predicted molar refractivity (Wildman–Crippen MR) is 112 cm³/mol. The normalized spacial score (nSPS) is 10.4. The quantitative estimate of drug-likeness (QED) is 0.344. The van der Waals surface area contributed by atoms with Gasteiger partial charge >= 0.3 is 0 Å². The summed E-state index contributed by atoms with van der Waals surface area (Å²) in [5, 5.41) is 3.47. The largest absolute Gasteiger partial charge is 0.706 e. The summed E-state index contributed by atoms with van der Waals surface area (Å²) in [6.45, 7) is 0. The van der Waals surface area contributed by atoms with Gasteiger partial charge in [0.25, 0.3) is 0 Å². The molecule has 0 unspecified atom stereocenters. The lowest BCUT2D eigenvalue weighted by Crippen LogP contribution is -2.10. The molecule has 0 radical (unpaired) electrons. The zero-order valence-electron chi connectivity index (χ0n) is 14.7. The van der Waals surface area contributed by atoms with Crippen molar-refractivity contribution >= 4 is 22.7 Å². The maximum Gasteiger partial charge on any atom is 0.0540 e. The summed E-state index contributed by atoms with van der Waals surface area (Å²) in [4.78, 5) is 2.21. The van der Waals surface area contributed by atoms with Gasteiger partial charge in [-0.3, -0.25) is 0 Å². The van der Waals surface area contributed by atoms with Gasteiger partial charge in [-0.2, -0.15) is 0 Å². The summed E-state index contributed by atoms with van der Waals surface area (Å²) in [6.07, 6.45) is 0. The van der Waals surface area contributed by atoms with E-state index in [9.17, 15) is 5.53 Å². The molecule has 130 valence electrons. The van der Waals surface area contributed by atoms with Crippen molar-refractivity contribution in [2.45, 2.75) is 0 Å². The van der Waals surface area contributed by atoms with Crippen LogP contribution in [0.5, 0.6) is 0 Å². The van der Waals surface area contributed by atoms with Crippen LogP contribution in [0.2, 0.25) is 0 Å². The lowest BCUT2D eigenvalue weighted by molar-refractivity contribution is 1.28. The van der Waals surface area contributed by atoms with Gasteiger partial charge in [0.15, 0.2) is 0 Å². The molecule has 3 nitrogen and oxygen atoms in total. The predicted octanol–water partition coefficient (Wildman–Crippen LogP) is 7.48. The molecule has 0 atom stereocenters. The molecule has 0 aliphatic carbocycles. The molecular weight excluding hydrogens is 330 g/mol. The fourth-order valence-corrected chi connectivity index (χ4v) is 3.27. The molecule has 4 aromatic rings. The number of nitrogens with zero attached hydrogens (tertiary/aromatic N) is 3. The maximum absolute atomic E-state index is 9.45. The Morgan fingerprint density at radius 2 is 1.00 bits per heavy atom. The first kappa shape index (κ1) is 16.7. The van der Waals surface area contributed by atoms with Gasteiger partial charge in [0.05, 0.1) is 5.69 Å². The molecule has 4 aromatic carbocycles. The number of rotatable bonds is 5. The van der Waals surface area contributed by atoms with Crippen LogP contribution < -0.4 is 4.90 Å². The third kappa shape index (κ3) is 3.35. The van der Waals surface area contributed by atoms with Gasteiger partial charge in [0.1, 0.15) is 0 Å². The minimum atomic E-state index is 0.547. The van der Waals surface area contributed by atoms with E-state index < -0.39 is 0 Å². The summed E-state index contributed by atoms with van der Waals surface area (Å²) >= 11 is 0. The van der Waals surface area contributed by atoms with Crippen molar-refractivity contribution < 1.29 is 0 Å². The Morgan fingerprint density at radius 1 is 0.519 bits per heavy atom. The molecule has 0 N–H and O–H groups in total. The van der Waals surface area contributed by atoms with Crippen LogP contribution in [0.4, 0.5) is 22.7 Å². The Balaban J connectivity index is 1.96. The number of para-hydroxylation sites is 3. The first-order chi connectivity index (χ1) is 13.4. The molecule has 27 heavy (non-hydrogen) atoms. The molecule has 0 amide bonds. The Kier molecular flexibility index (Phi) is 4.75. The van der Waals surface area contributed by atoms with E-state index in [2.05, 4.69) is 46.4 Å². The molecule has 4 rings (SSSR count). The van der Waals surface area contributed by atoms with Gasteiger partial charge in [-0.25, -0.2) is 0 Å². The van der Waals surface area contributed by atoms with Gasteiger partial charge in [-0.15, -0.1) is 0 Å². The van der Waals surface area contributed by atoms with E-state index in [0.29, 0.717) is 5.69 Å². The fourth-order valence-electron chi connectivity index (χ4n) is 3.27. The number of benzene rings is 4. The molecule has 0 heterocycles. The third-order valence-corrected chi connectivity index (χ3v) is 4.48. The first-order valence-corrected chi connectivity index (χ1v) is 8.82. The zero-order chi connectivity index (χ0) is 18.5. The average Bonchev–Trinajstić information content (AvgIpc) is 2.76. The smallest absolute Gasteiger partial charge is 0.0540 e. The minimum Gasteiger partial charge on any atom is -0.706 e. The summed E-state index contributed by atoms with van der Waals surface area (Å²) in [5.41, 5.74) is 15.0. The maximum atomic E-state index is 9.45. The van der Waals surface area contributed by atoms with Gasteiger partial charge in [-0.1, -0.05) is 72.8 Å². The Morgan fingerprint density at radius 3 is 1.59 bits per heavy atom. The molecule has 3 heteroatoms. The van der Waals surface area contributed by atoms with E-state index in [1.807, 2.05) is 72.8 Å². The third-order valence-electron chi connectivity index (χ3n) is 4.48. The highest BCUT2D eigenvalue weighted by molar-refractivity contribution is 5.91. The molecule has 0 saturated carbocycles. The molecule has 0 aromatic heterocycles. The van der Waals surface area contributed by atoms with Gasteiger partial charge < -0.3 is 15.5 Å². The fraction of sp³-hybridized carbons (Fsp3) is 0. The molecule has 0 fully saturated rings. The Bertz CT molecular complexity index is 1000. The molecule has 0 spiro atoms. The van der Waals surface area contributed by atoms with Crippen LogP contribution in [0, 0.1) is 0 Å². The van der Waals surface area contributed by atoms with Gasteiger partial charge in [0.2, 0.25) is 0 Å². The molecular formula is C24H18N3-. The minimum absolute atomic E-state index is 0.547. The SMILES string of the molecule is [N-]=Nc1ccccc1-c1ccccc1N(c1ccccc1)c1ccccc1. The second kappa shape index (κ2) is 7.67. The molecule has 0 aliphatic rings. The molecule has 0 saturated heterocycles. The Labute approximate surface area is 159 Å². The van der Waals surface area contributed by atoms with Crippen molar-refractivity contribution in [3.63, 3.8) is 0 Å². The summed E-state index contributed by atoms with van der Waals surface area (Å²) in [6, 6.07) is 36.3. The summed E-state index contributed by atoms with van der Waals surface area (Å²) < 4.78 is 0. The van der Waals surface area contributed by atoms with Crippen LogP contribution in [0.3, 0.4) is 0 Å². The van der Waals surface area contributed by atoms with Crippen molar-refractivity contribution in [1.29, 1.82) is 0 Å². The van der Waals surface area contributed by atoms with Crippen LogP contribution >= 0.6 is 0 Å². The average molecular weight is 348 g/mol.